The highest BCUT2D eigenvalue weighted by molar-refractivity contribution is 7.88. The molecule has 21 heavy (non-hydrogen) atoms. The number of carbonyl (C=O) groups excluding carboxylic acids is 1. The van der Waals surface area contributed by atoms with E-state index in [1.807, 2.05) is 10.7 Å². The SMILES string of the molecule is CS(=O)(=O)N1CCN(C(=O)c2cc3n(n2)CCCC3)CC1. The van der Waals surface area contributed by atoms with Crippen molar-refractivity contribution in [3.8, 4) is 0 Å². The standard InChI is InChI=1S/C13H20N4O3S/c1-21(19,20)16-8-6-15(7-9-16)13(18)12-10-11-4-2-3-5-17(11)14-12/h10H,2-9H2,1H3. The molecule has 2 aliphatic rings. The molecule has 1 fully saturated rings. The first-order valence-corrected chi connectivity index (χ1v) is 9.11. The summed E-state index contributed by atoms with van der Waals surface area (Å²) in [6.45, 7) is 2.45. The predicted octanol–water partition coefficient (Wildman–Crippen LogP) is -0.0632. The Morgan fingerprint density at radius 3 is 2.48 bits per heavy atom. The fraction of sp³-hybridized carbons (Fsp3) is 0.692. The largest absolute Gasteiger partial charge is 0.335 e. The van der Waals surface area contributed by atoms with E-state index < -0.39 is 10.0 Å². The lowest BCUT2D eigenvalue weighted by atomic mass is 10.1. The lowest BCUT2D eigenvalue weighted by Gasteiger charge is -2.32. The van der Waals surface area contributed by atoms with Crippen LogP contribution in [0.2, 0.25) is 0 Å². The van der Waals surface area contributed by atoms with E-state index in [1.54, 1.807) is 4.90 Å². The monoisotopic (exact) mass is 312 g/mol. The number of hydrogen-bond acceptors (Lipinski definition) is 4. The Morgan fingerprint density at radius 1 is 1.14 bits per heavy atom. The minimum absolute atomic E-state index is 0.0925. The van der Waals surface area contributed by atoms with Gasteiger partial charge in [-0.25, -0.2) is 8.42 Å². The number of hydrogen-bond donors (Lipinski definition) is 0. The van der Waals surface area contributed by atoms with Crippen molar-refractivity contribution in [2.45, 2.75) is 25.8 Å². The maximum atomic E-state index is 12.5. The molecule has 0 spiro atoms. The summed E-state index contributed by atoms with van der Waals surface area (Å²) in [7, 11) is -3.17. The quantitative estimate of drug-likeness (QED) is 0.766. The van der Waals surface area contributed by atoms with Gasteiger partial charge in [0.05, 0.1) is 6.26 Å². The second-order valence-electron chi connectivity index (χ2n) is 5.66. The number of amides is 1. The van der Waals surface area contributed by atoms with Crippen molar-refractivity contribution >= 4 is 15.9 Å². The molecule has 2 aliphatic heterocycles. The topological polar surface area (TPSA) is 75.5 Å². The van der Waals surface area contributed by atoms with Crippen molar-refractivity contribution in [2.75, 3.05) is 32.4 Å². The van der Waals surface area contributed by atoms with Crippen molar-refractivity contribution in [3.05, 3.63) is 17.5 Å². The predicted molar refractivity (Wildman–Crippen MR) is 77.5 cm³/mol. The van der Waals surface area contributed by atoms with Gasteiger partial charge >= 0.3 is 0 Å². The number of piperazine rings is 1. The van der Waals surface area contributed by atoms with Gasteiger partial charge in [0.25, 0.3) is 5.91 Å². The van der Waals surface area contributed by atoms with Gasteiger partial charge in [-0.1, -0.05) is 0 Å². The number of rotatable bonds is 2. The molecular weight excluding hydrogens is 292 g/mol. The lowest BCUT2D eigenvalue weighted by molar-refractivity contribution is 0.0691. The molecule has 1 amide bonds. The average molecular weight is 312 g/mol. The van der Waals surface area contributed by atoms with E-state index in [-0.39, 0.29) is 5.91 Å². The summed E-state index contributed by atoms with van der Waals surface area (Å²) in [6, 6.07) is 1.88. The van der Waals surface area contributed by atoms with Crippen LogP contribution in [0.25, 0.3) is 0 Å². The molecule has 0 aliphatic carbocycles. The Balaban J connectivity index is 1.68. The summed E-state index contributed by atoms with van der Waals surface area (Å²) in [5.41, 5.74) is 1.61. The molecule has 1 aromatic heterocycles. The fourth-order valence-electron chi connectivity index (χ4n) is 2.91. The molecule has 0 unspecified atom stereocenters. The zero-order valence-corrected chi connectivity index (χ0v) is 13.0. The van der Waals surface area contributed by atoms with Crippen LogP contribution in [0.3, 0.4) is 0 Å². The van der Waals surface area contributed by atoms with E-state index in [0.717, 1.165) is 31.5 Å². The summed E-state index contributed by atoms with van der Waals surface area (Å²) >= 11 is 0. The molecule has 0 bridgehead atoms. The summed E-state index contributed by atoms with van der Waals surface area (Å²) in [5.74, 6) is -0.0925. The second-order valence-corrected chi connectivity index (χ2v) is 7.64. The van der Waals surface area contributed by atoms with Crippen molar-refractivity contribution in [3.63, 3.8) is 0 Å². The zero-order valence-electron chi connectivity index (χ0n) is 12.2. The van der Waals surface area contributed by atoms with Gasteiger partial charge in [0.1, 0.15) is 0 Å². The number of fused-ring (bicyclic) bond motifs is 1. The molecule has 0 saturated carbocycles. The minimum atomic E-state index is -3.17. The van der Waals surface area contributed by atoms with Gasteiger partial charge in [-0.15, -0.1) is 0 Å². The first-order chi connectivity index (χ1) is 9.95. The van der Waals surface area contributed by atoms with Gasteiger partial charge in [0.2, 0.25) is 10.0 Å². The summed E-state index contributed by atoms with van der Waals surface area (Å²) in [5, 5.41) is 4.39. The Morgan fingerprint density at radius 2 is 1.86 bits per heavy atom. The molecule has 1 saturated heterocycles. The Hall–Kier alpha value is -1.41. The van der Waals surface area contributed by atoms with Gasteiger partial charge in [-0.3, -0.25) is 9.48 Å². The van der Waals surface area contributed by atoms with E-state index in [0.29, 0.717) is 31.9 Å². The number of aryl methyl sites for hydroxylation is 2. The first kappa shape index (κ1) is 14.5. The van der Waals surface area contributed by atoms with Crippen LogP contribution >= 0.6 is 0 Å². The highest BCUT2D eigenvalue weighted by Gasteiger charge is 2.28. The number of sulfonamides is 1. The molecular formula is C13H20N4O3S. The van der Waals surface area contributed by atoms with Gasteiger partial charge in [0, 0.05) is 38.4 Å². The van der Waals surface area contributed by atoms with Gasteiger partial charge < -0.3 is 4.90 Å². The summed E-state index contributed by atoms with van der Waals surface area (Å²) in [4.78, 5) is 14.1. The van der Waals surface area contributed by atoms with Crippen LogP contribution in [0.15, 0.2) is 6.07 Å². The smallest absolute Gasteiger partial charge is 0.274 e. The van der Waals surface area contributed by atoms with Crippen molar-refractivity contribution in [1.29, 1.82) is 0 Å². The van der Waals surface area contributed by atoms with Crippen LogP contribution in [0.5, 0.6) is 0 Å². The van der Waals surface area contributed by atoms with E-state index >= 15 is 0 Å². The third-order valence-corrected chi connectivity index (χ3v) is 5.43. The number of aromatic nitrogens is 2. The maximum Gasteiger partial charge on any atom is 0.274 e. The molecule has 8 heteroatoms. The van der Waals surface area contributed by atoms with Crippen LogP contribution in [0.4, 0.5) is 0 Å². The molecule has 116 valence electrons. The molecule has 7 nitrogen and oxygen atoms in total. The molecule has 3 rings (SSSR count). The summed E-state index contributed by atoms with van der Waals surface area (Å²) < 4.78 is 26.3. The average Bonchev–Trinajstić information content (AvgIpc) is 2.89. The Bertz CT molecular complexity index is 621. The fourth-order valence-corrected chi connectivity index (χ4v) is 3.73. The molecule has 3 heterocycles. The van der Waals surface area contributed by atoms with E-state index in [1.165, 1.54) is 10.6 Å². The Kier molecular flexibility index (Phi) is 3.75. The number of carbonyl (C=O) groups is 1. The third kappa shape index (κ3) is 2.96. The lowest BCUT2D eigenvalue weighted by Crippen LogP contribution is -2.50. The number of nitrogens with zero attached hydrogens (tertiary/aromatic N) is 4. The summed E-state index contributed by atoms with van der Waals surface area (Å²) in [6.07, 6.45) is 4.43. The van der Waals surface area contributed by atoms with E-state index in [2.05, 4.69) is 5.10 Å². The highest BCUT2D eigenvalue weighted by Crippen LogP contribution is 2.17. The van der Waals surface area contributed by atoms with Crippen LogP contribution in [-0.2, 0) is 23.0 Å². The van der Waals surface area contributed by atoms with Crippen LogP contribution in [-0.4, -0.2) is 65.7 Å². The van der Waals surface area contributed by atoms with Gasteiger partial charge in [-0.05, 0) is 25.3 Å². The van der Waals surface area contributed by atoms with Crippen molar-refractivity contribution < 1.29 is 13.2 Å². The minimum Gasteiger partial charge on any atom is -0.335 e. The van der Waals surface area contributed by atoms with Gasteiger partial charge in [0.15, 0.2) is 5.69 Å². The van der Waals surface area contributed by atoms with Crippen molar-refractivity contribution in [2.24, 2.45) is 0 Å². The van der Waals surface area contributed by atoms with Crippen LogP contribution < -0.4 is 0 Å². The highest BCUT2D eigenvalue weighted by atomic mass is 32.2. The first-order valence-electron chi connectivity index (χ1n) is 7.26. The molecule has 1 aromatic rings. The molecule has 0 N–H and O–H groups in total. The zero-order chi connectivity index (χ0) is 15.0. The molecule has 0 atom stereocenters. The Labute approximate surface area is 124 Å². The normalized spacial score (nSPS) is 20.3. The van der Waals surface area contributed by atoms with Crippen molar-refractivity contribution in [1.82, 2.24) is 19.0 Å². The maximum absolute atomic E-state index is 12.5. The van der Waals surface area contributed by atoms with E-state index in [4.69, 9.17) is 0 Å². The van der Waals surface area contributed by atoms with Crippen LogP contribution in [0.1, 0.15) is 29.0 Å². The second kappa shape index (κ2) is 5.42. The molecule has 0 aromatic carbocycles. The molecule has 0 radical (unpaired) electrons. The van der Waals surface area contributed by atoms with Crippen LogP contribution in [0, 0.1) is 0 Å². The van der Waals surface area contributed by atoms with Gasteiger partial charge in [-0.2, -0.15) is 9.40 Å². The van der Waals surface area contributed by atoms with E-state index in [9.17, 15) is 13.2 Å². The third-order valence-electron chi connectivity index (χ3n) is 4.13.